The van der Waals surface area contributed by atoms with Crippen LogP contribution in [-0.4, -0.2) is 53.8 Å². The van der Waals surface area contributed by atoms with Crippen molar-refractivity contribution in [2.24, 2.45) is 0 Å². The summed E-state index contributed by atoms with van der Waals surface area (Å²) in [6.07, 6.45) is -1.55. The zero-order valence-electron chi connectivity index (χ0n) is 12.2. The van der Waals surface area contributed by atoms with Crippen molar-refractivity contribution in [3.8, 4) is 5.75 Å². The predicted octanol–water partition coefficient (Wildman–Crippen LogP) is 1.30. The van der Waals surface area contributed by atoms with Gasteiger partial charge in [0.15, 0.2) is 23.8 Å². The van der Waals surface area contributed by atoms with Gasteiger partial charge in [0.2, 0.25) is 0 Å². The molecular formula is C15H18FNO5. The summed E-state index contributed by atoms with van der Waals surface area (Å²) < 4.78 is 24.1. The highest BCUT2D eigenvalue weighted by molar-refractivity contribution is 5.82. The van der Waals surface area contributed by atoms with Gasteiger partial charge in [0.25, 0.3) is 5.91 Å². The fourth-order valence-electron chi connectivity index (χ4n) is 2.20. The van der Waals surface area contributed by atoms with Crippen LogP contribution in [0.25, 0.3) is 0 Å². The van der Waals surface area contributed by atoms with E-state index in [9.17, 15) is 14.0 Å². The normalized spacial score (nSPS) is 19.5. The van der Waals surface area contributed by atoms with Crippen LogP contribution in [0.2, 0.25) is 0 Å². The number of carbonyl (C=O) groups excluding carboxylic acids is 1. The largest absolute Gasteiger partial charge is 0.479 e. The molecular weight excluding hydrogens is 293 g/mol. The first-order valence-corrected chi connectivity index (χ1v) is 7.07. The van der Waals surface area contributed by atoms with Crippen LogP contribution >= 0.6 is 0 Å². The minimum Gasteiger partial charge on any atom is -0.479 e. The Bertz CT molecular complexity index is 550. The first-order chi connectivity index (χ1) is 10.5. The Hall–Kier alpha value is -2.15. The summed E-state index contributed by atoms with van der Waals surface area (Å²) in [5.74, 6) is -2.01. The van der Waals surface area contributed by atoms with Crippen molar-refractivity contribution in [1.29, 1.82) is 0 Å². The highest BCUT2D eigenvalue weighted by atomic mass is 19.1. The highest BCUT2D eigenvalue weighted by Gasteiger charge is 2.32. The second-order valence-corrected chi connectivity index (χ2v) is 4.93. The first-order valence-electron chi connectivity index (χ1n) is 7.07. The van der Waals surface area contributed by atoms with Crippen LogP contribution in [0.1, 0.15) is 13.3 Å². The van der Waals surface area contributed by atoms with E-state index in [2.05, 4.69) is 0 Å². The number of para-hydroxylation sites is 1. The summed E-state index contributed by atoms with van der Waals surface area (Å²) in [4.78, 5) is 24.8. The van der Waals surface area contributed by atoms with Gasteiger partial charge in [-0.3, -0.25) is 4.79 Å². The van der Waals surface area contributed by atoms with E-state index in [-0.39, 0.29) is 24.8 Å². The number of carboxylic acid groups (broad SMARTS) is 1. The average Bonchev–Trinajstić information content (AvgIpc) is 2.53. The molecule has 120 valence electrons. The van der Waals surface area contributed by atoms with Gasteiger partial charge < -0.3 is 19.5 Å². The lowest BCUT2D eigenvalue weighted by Crippen LogP contribution is -2.52. The molecule has 1 N–H and O–H groups in total. The molecule has 0 aromatic heterocycles. The Kier molecular flexibility index (Phi) is 5.32. The molecule has 1 aliphatic heterocycles. The lowest BCUT2D eigenvalue weighted by atomic mass is 10.2. The number of ether oxygens (including phenoxy) is 2. The van der Waals surface area contributed by atoms with Crippen molar-refractivity contribution in [2.45, 2.75) is 25.6 Å². The third kappa shape index (κ3) is 3.73. The number of amides is 1. The SMILES string of the molecule is CC[C@H](Oc1ccccc1F)C(=O)N1CCO[C@H](C(=O)O)C1. The molecule has 2 atom stereocenters. The molecule has 0 unspecified atom stereocenters. The minimum atomic E-state index is -1.11. The van der Waals surface area contributed by atoms with E-state index in [1.54, 1.807) is 13.0 Å². The zero-order valence-corrected chi connectivity index (χ0v) is 12.2. The highest BCUT2D eigenvalue weighted by Crippen LogP contribution is 2.19. The molecule has 0 aliphatic carbocycles. The number of benzene rings is 1. The van der Waals surface area contributed by atoms with Gasteiger partial charge in [-0.2, -0.15) is 0 Å². The van der Waals surface area contributed by atoms with E-state index in [0.717, 1.165) is 0 Å². The molecule has 0 saturated carbocycles. The third-order valence-electron chi connectivity index (χ3n) is 3.41. The van der Waals surface area contributed by atoms with E-state index < -0.39 is 24.0 Å². The molecule has 7 heteroatoms. The Labute approximate surface area is 127 Å². The van der Waals surface area contributed by atoms with Gasteiger partial charge in [0.05, 0.1) is 13.2 Å². The number of halogens is 1. The summed E-state index contributed by atoms with van der Waals surface area (Å²) >= 11 is 0. The van der Waals surface area contributed by atoms with Crippen LogP contribution in [-0.2, 0) is 14.3 Å². The first kappa shape index (κ1) is 16.2. The maximum atomic E-state index is 13.6. The van der Waals surface area contributed by atoms with Gasteiger partial charge in [-0.05, 0) is 18.6 Å². The minimum absolute atomic E-state index is 0.00532. The second kappa shape index (κ2) is 7.22. The smallest absolute Gasteiger partial charge is 0.334 e. The van der Waals surface area contributed by atoms with Crippen molar-refractivity contribution >= 4 is 11.9 Å². The molecule has 22 heavy (non-hydrogen) atoms. The fourth-order valence-corrected chi connectivity index (χ4v) is 2.20. The van der Waals surface area contributed by atoms with Crippen LogP contribution in [0.4, 0.5) is 4.39 Å². The summed E-state index contributed by atoms with van der Waals surface area (Å²) in [5, 5.41) is 8.96. The fraction of sp³-hybridized carbons (Fsp3) is 0.467. The third-order valence-corrected chi connectivity index (χ3v) is 3.41. The number of aliphatic carboxylic acids is 1. The van der Waals surface area contributed by atoms with Crippen molar-refractivity contribution in [2.75, 3.05) is 19.7 Å². The van der Waals surface area contributed by atoms with Gasteiger partial charge in [-0.15, -0.1) is 0 Å². The van der Waals surface area contributed by atoms with Crippen molar-refractivity contribution < 1.29 is 28.6 Å². The number of rotatable bonds is 5. The van der Waals surface area contributed by atoms with Crippen LogP contribution in [0.3, 0.4) is 0 Å². The molecule has 1 aromatic carbocycles. The molecule has 1 aromatic rings. The molecule has 1 heterocycles. The van der Waals surface area contributed by atoms with Crippen molar-refractivity contribution in [3.05, 3.63) is 30.1 Å². The maximum Gasteiger partial charge on any atom is 0.334 e. The van der Waals surface area contributed by atoms with Gasteiger partial charge in [-0.1, -0.05) is 19.1 Å². The van der Waals surface area contributed by atoms with E-state index >= 15 is 0 Å². The summed E-state index contributed by atoms with van der Waals surface area (Å²) in [6.45, 7) is 2.16. The van der Waals surface area contributed by atoms with Crippen molar-refractivity contribution in [3.63, 3.8) is 0 Å². The van der Waals surface area contributed by atoms with E-state index in [1.807, 2.05) is 0 Å². The molecule has 0 spiro atoms. The molecule has 0 radical (unpaired) electrons. The number of hydrogen-bond acceptors (Lipinski definition) is 4. The Morgan fingerprint density at radius 1 is 1.50 bits per heavy atom. The molecule has 1 fully saturated rings. The summed E-state index contributed by atoms with van der Waals surface area (Å²) in [7, 11) is 0. The molecule has 2 rings (SSSR count). The predicted molar refractivity (Wildman–Crippen MR) is 75.1 cm³/mol. The quantitative estimate of drug-likeness (QED) is 0.887. The number of carboxylic acids is 1. The van der Waals surface area contributed by atoms with E-state index in [4.69, 9.17) is 14.6 Å². The topological polar surface area (TPSA) is 76.1 Å². The van der Waals surface area contributed by atoms with E-state index in [1.165, 1.54) is 23.1 Å². The van der Waals surface area contributed by atoms with Gasteiger partial charge in [0.1, 0.15) is 0 Å². The summed E-state index contributed by atoms with van der Waals surface area (Å²) in [5.41, 5.74) is 0. The van der Waals surface area contributed by atoms with Crippen molar-refractivity contribution in [1.82, 2.24) is 4.90 Å². The monoisotopic (exact) mass is 311 g/mol. The Balaban J connectivity index is 2.05. The van der Waals surface area contributed by atoms with Gasteiger partial charge in [-0.25, -0.2) is 9.18 Å². The molecule has 1 amide bonds. The lowest BCUT2D eigenvalue weighted by Gasteiger charge is -2.33. The number of carbonyl (C=O) groups is 2. The Morgan fingerprint density at radius 2 is 2.23 bits per heavy atom. The lowest BCUT2D eigenvalue weighted by molar-refractivity contribution is -0.161. The maximum absolute atomic E-state index is 13.6. The molecule has 6 nitrogen and oxygen atoms in total. The number of hydrogen-bond donors (Lipinski definition) is 1. The number of morpholine rings is 1. The van der Waals surface area contributed by atoms with Crippen LogP contribution in [0, 0.1) is 5.82 Å². The van der Waals surface area contributed by atoms with Gasteiger partial charge >= 0.3 is 5.97 Å². The van der Waals surface area contributed by atoms with Crippen LogP contribution < -0.4 is 4.74 Å². The Morgan fingerprint density at radius 3 is 2.86 bits per heavy atom. The molecule has 1 aliphatic rings. The summed E-state index contributed by atoms with van der Waals surface area (Å²) in [6, 6.07) is 5.85. The number of nitrogens with zero attached hydrogens (tertiary/aromatic N) is 1. The average molecular weight is 311 g/mol. The second-order valence-electron chi connectivity index (χ2n) is 4.93. The molecule has 1 saturated heterocycles. The van der Waals surface area contributed by atoms with Gasteiger partial charge in [0, 0.05) is 6.54 Å². The zero-order chi connectivity index (χ0) is 16.1. The van der Waals surface area contributed by atoms with E-state index in [0.29, 0.717) is 13.0 Å². The molecule has 0 bridgehead atoms. The standard InChI is InChI=1S/C15H18FNO5/c1-2-11(22-12-6-4-3-5-10(12)16)14(18)17-7-8-21-13(9-17)15(19)20/h3-6,11,13H,2,7-9H2,1H3,(H,19,20)/t11-,13-/m0/s1. The van der Waals surface area contributed by atoms with Crippen LogP contribution in [0.5, 0.6) is 5.75 Å². The van der Waals surface area contributed by atoms with Crippen LogP contribution in [0.15, 0.2) is 24.3 Å².